The van der Waals surface area contributed by atoms with Gasteiger partial charge in [0.1, 0.15) is 0 Å². The minimum atomic E-state index is -0.553. The van der Waals surface area contributed by atoms with Crippen LogP contribution in [0.5, 0.6) is 0 Å². The lowest BCUT2D eigenvalue weighted by molar-refractivity contribution is -0.183. The van der Waals surface area contributed by atoms with Crippen LogP contribution in [0.15, 0.2) is 30.3 Å². The second-order valence-corrected chi connectivity index (χ2v) is 7.82. The van der Waals surface area contributed by atoms with Crippen molar-refractivity contribution in [3.05, 3.63) is 35.9 Å². The molecule has 1 aromatic rings. The van der Waals surface area contributed by atoms with E-state index in [1.54, 1.807) is 0 Å². The lowest BCUT2D eigenvalue weighted by atomic mass is 9.54. The molecule has 5 fully saturated rings. The normalized spacial score (nSPS) is 63.2. The summed E-state index contributed by atoms with van der Waals surface area (Å²) in [6.45, 7) is 0. The topological polar surface area (TPSA) is 29.5 Å². The molecule has 10 atom stereocenters. The first kappa shape index (κ1) is 10.8. The first-order valence-corrected chi connectivity index (χ1v) is 8.09. The van der Waals surface area contributed by atoms with Crippen LogP contribution in [0.2, 0.25) is 0 Å². The van der Waals surface area contributed by atoms with E-state index in [-0.39, 0.29) is 0 Å². The van der Waals surface area contributed by atoms with Gasteiger partial charge in [-0.05, 0) is 47.5 Å². The second kappa shape index (κ2) is 3.00. The van der Waals surface area contributed by atoms with Crippen LogP contribution in [0.25, 0.3) is 0 Å². The number of aliphatic hydroxyl groups is 1. The highest BCUT2D eigenvalue weighted by atomic mass is 16.5. The zero-order valence-corrected chi connectivity index (χ0v) is 11.6. The molecule has 2 bridgehead atoms. The van der Waals surface area contributed by atoms with E-state index in [1.165, 1.54) is 12.0 Å². The molecule has 1 N–H and O–H groups in total. The van der Waals surface area contributed by atoms with Gasteiger partial charge in [-0.3, -0.25) is 0 Å². The van der Waals surface area contributed by atoms with Crippen LogP contribution in [-0.4, -0.2) is 18.3 Å². The van der Waals surface area contributed by atoms with Crippen LogP contribution >= 0.6 is 0 Å². The maximum Gasteiger partial charge on any atom is 0.0965 e. The van der Waals surface area contributed by atoms with Gasteiger partial charge in [0.05, 0.1) is 11.7 Å². The predicted molar refractivity (Wildman–Crippen MR) is 73.7 cm³/mol. The maximum absolute atomic E-state index is 11.7. The van der Waals surface area contributed by atoms with Crippen LogP contribution in [0, 0.1) is 47.3 Å². The molecular formula is C18H20O2. The van der Waals surface area contributed by atoms with E-state index < -0.39 is 5.60 Å². The summed E-state index contributed by atoms with van der Waals surface area (Å²) in [4.78, 5) is 0. The zero-order chi connectivity index (χ0) is 13.2. The third-order valence-electron chi connectivity index (χ3n) is 7.91. The molecule has 0 aromatic heterocycles. The van der Waals surface area contributed by atoms with Crippen LogP contribution in [-0.2, 0) is 10.3 Å². The largest absolute Gasteiger partial charge is 0.385 e. The van der Waals surface area contributed by atoms with Crippen molar-refractivity contribution in [1.82, 2.24) is 0 Å². The number of benzene rings is 1. The Labute approximate surface area is 119 Å². The van der Waals surface area contributed by atoms with Gasteiger partial charge in [-0.2, -0.15) is 0 Å². The molecular weight excluding hydrogens is 248 g/mol. The minimum absolute atomic E-state index is 0.438. The highest BCUT2D eigenvalue weighted by Gasteiger charge is 2.87. The number of hydrogen-bond acceptors (Lipinski definition) is 2. The monoisotopic (exact) mass is 268 g/mol. The molecule has 5 saturated carbocycles. The molecule has 6 rings (SSSR count). The molecule has 0 unspecified atom stereocenters. The van der Waals surface area contributed by atoms with Crippen molar-refractivity contribution in [3.63, 3.8) is 0 Å². The fourth-order valence-electron chi connectivity index (χ4n) is 7.91. The van der Waals surface area contributed by atoms with E-state index in [9.17, 15) is 5.11 Å². The van der Waals surface area contributed by atoms with E-state index in [0.29, 0.717) is 29.8 Å². The number of ether oxygens (including phenoxy) is 1. The molecule has 1 aromatic carbocycles. The molecule has 2 heteroatoms. The molecule has 104 valence electrons. The Kier molecular flexibility index (Phi) is 1.62. The lowest BCUT2D eigenvalue weighted by Gasteiger charge is -2.54. The van der Waals surface area contributed by atoms with E-state index >= 15 is 0 Å². The summed E-state index contributed by atoms with van der Waals surface area (Å²) >= 11 is 0. The average molecular weight is 268 g/mol. The van der Waals surface area contributed by atoms with E-state index in [1.807, 2.05) is 7.11 Å². The van der Waals surface area contributed by atoms with Gasteiger partial charge in [-0.15, -0.1) is 0 Å². The first-order valence-electron chi connectivity index (χ1n) is 8.09. The molecule has 0 heterocycles. The van der Waals surface area contributed by atoms with Gasteiger partial charge >= 0.3 is 0 Å². The van der Waals surface area contributed by atoms with Gasteiger partial charge in [0.15, 0.2) is 0 Å². The maximum atomic E-state index is 11.7. The molecule has 0 aliphatic heterocycles. The van der Waals surface area contributed by atoms with Gasteiger partial charge in [0, 0.05) is 18.9 Å². The van der Waals surface area contributed by atoms with Gasteiger partial charge in [0.25, 0.3) is 0 Å². The van der Waals surface area contributed by atoms with Gasteiger partial charge in [-0.25, -0.2) is 0 Å². The summed E-state index contributed by atoms with van der Waals surface area (Å²) in [5.41, 5.74) is 0.621. The van der Waals surface area contributed by atoms with Crippen molar-refractivity contribution in [1.29, 1.82) is 0 Å². The number of methoxy groups -OCH3 is 1. The van der Waals surface area contributed by atoms with E-state index in [2.05, 4.69) is 30.3 Å². The Morgan fingerprint density at radius 1 is 1.00 bits per heavy atom. The standard InChI is InChI=1S/C18H20O2/c1-20-17-13-9-7-10-12-11(9)14(17)16(12)18(19,15(10)13)8-5-3-2-4-6-8/h2-6,9-17,19H,7H2,1H3/t9-,10-,11+,12+,13+,14+,15-,16+,17+,18+/m0/s1. The number of fused-ring (bicyclic) bond motifs is 2. The highest BCUT2D eigenvalue weighted by molar-refractivity contribution is 5.40. The van der Waals surface area contributed by atoms with Crippen molar-refractivity contribution in [2.75, 3.05) is 7.11 Å². The SMILES string of the molecule is CO[C@H]1[C@@H]2[C@@H]3[C@@H]4C[C@H]5[C@H]3[C@H]2[C@@](O)(c2ccccc2)[C@@H]5[C@@H]41. The summed E-state index contributed by atoms with van der Waals surface area (Å²) in [5, 5.41) is 11.7. The Morgan fingerprint density at radius 3 is 2.55 bits per heavy atom. The van der Waals surface area contributed by atoms with Crippen molar-refractivity contribution in [2.24, 2.45) is 47.3 Å². The third kappa shape index (κ3) is 0.791. The fraction of sp³-hybridized carbons (Fsp3) is 0.667. The summed E-state index contributed by atoms with van der Waals surface area (Å²) < 4.78 is 5.89. The zero-order valence-electron chi connectivity index (χ0n) is 11.6. The van der Waals surface area contributed by atoms with Crippen molar-refractivity contribution in [3.8, 4) is 0 Å². The Morgan fingerprint density at radius 2 is 1.80 bits per heavy atom. The minimum Gasteiger partial charge on any atom is -0.385 e. The Hall–Kier alpha value is -0.860. The van der Waals surface area contributed by atoms with Crippen molar-refractivity contribution in [2.45, 2.75) is 18.1 Å². The molecule has 0 radical (unpaired) electrons. The summed E-state index contributed by atoms with van der Waals surface area (Å²) in [5.74, 6) is 5.52. The van der Waals surface area contributed by atoms with Crippen LogP contribution in [0.3, 0.4) is 0 Å². The van der Waals surface area contributed by atoms with Gasteiger partial charge in [0.2, 0.25) is 0 Å². The van der Waals surface area contributed by atoms with E-state index in [4.69, 9.17) is 4.74 Å². The van der Waals surface area contributed by atoms with Crippen molar-refractivity contribution < 1.29 is 9.84 Å². The van der Waals surface area contributed by atoms with Gasteiger partial charge < -0.3 is 9.84 Å². The Balaban J connectivity index is 1.58. The van der Waals surface area contributed by atoms with Gasteiger partial charge in [-0.1, -0.05) is 30.3 Å². The molecule has 5 aliphatic carbocycles. The highest BCUT2D eigenvalue weighted by Crippen LogP contribution is 2.87. The molecule has 0 saturated heterocycles. The van der Waals surface area contributed by atoms with Crippen molar-refractivity contribution >= 4 is 0 Å². The van der Waals surface area contributed by atoms with Crippen LogP contribution < -0.4 is 0 Å². The molecule has 20 heavy (non-hydrogen) atoms. The second-order valence-electron chi connectivity index (χ2n) is 7.82. The lowest BCUT2D eigenvalue weighted by Crippen LogP contribution is -2.57. The molecule has 5 aliphatic rings. The average Bonchev–Trinajstić information content (AvgIpc) is 2.98. The Bertz CT molecular complexity index is 599. The van der Waals surface area contributed by atoms with Crippen LogP contribution in [0.1, 0.15) is 12.0 Å². The summed E-state index contributed by atoms with van der Waals surface area (Å²) in [6.07, 6.45) is 1.81. The van der Waals surface area contributed by atoms with E-state index in [0.717, 1.165) is 23.7 Å². The summed E-state index contributed by atoms with van der Waals surface area (Å²) in [7, 11) is 1.89. The number of hydrogen-bond donors (Lipinski definition) is 1. The first-order chi connectivity index (χ1) is 9.78. The molecule has 2 nitrogen and oxygen atoms in total. The number of rotatable bonds is 2. The quantitative estimate of drug-likeness (QED) is 0.891. The fourth-order valence-corrected chi connectivity index (χ4v) is 7.91. The molecule has 0 spiro atoms. The molecule has 0 amide bonds. The van der Waals surface area contributed by atoms with Crippen LogP contribution in [0.4, 0.5) is 0 Å². The third-order valence-corrected chi connectivity index (χ3v) is 7.91. The predicted octanol–water partition coefficient (Wildman–Crippen LogP) is 2.28. The summed E-state index contributed by atoms with van der Waals surface area (Å²) in [6, 6.07) is 10.5. The smallest absolute Gasteiger partial charge is 0.0965 e.